The fraction of sp³-hybridized carbons (Fsp3) is 0.0556. The summed E-state index contributed by atoms with van der Waals surface area (Å²) in [5.74, 6) is -0.537. The van der Waals surface area contributed by atoms with Crippen molar-refractivity contribution < 1.29 is 9.59 Å². The molecule has 0 aliphatic rings. The van der Waals surface area contributed by atoms with Crippen LogP contribution in [0.3, 0.4) is 0 Å². The zero-order chi connectivity index (χ0) is 19.4. The van der Waals surface area contributed by atoms with E-state index < -0.39 is 11.9 Å². The van der Waals surface area contributed by atoms with Crippen LogP contribution in [0, 0.1) is 0 Å². The molecule has 0 radical (unpaired) electrons. The highest BCUT2D eigenvalue weighted by Gasteiger charge is 2.08. The molecule has 0 unspecified atom stereocenters. The van der Waals surface area contributed by atoms with Crippen molar-refractivity contribution in [3.05, 3.63) is 74.2 Å². The Balaban J connectivity index is 1.58. The Bertz CT molecular complexity index is 989. The number of nitrogens with two attached hydrogens (primary N) is 1. The van der Waals surface area contributed by atoms with Gasteiger partial charge in [0.1, 0.15) is 5.69 Å². The largest absolute Gasteiger partial charge is 0.364 e. The highest BCUT2D eigenvalue weighted by atomic mass is 35.5. The van der Waals surface area contributed by atoms with Crippen molar-refractivity contribution in [1.82, 2.24) is 4.98 Å². The SMILES string of the molecule is NC(=O)c1csc(Cc2ccc(NC(=O)Nc3ccc(Cl)c(Cl)c3)cc2)n1. The zero-order valence-electron chi connectivity index (χ0n) is 13.8. The van der Waals surface area contributed by atoms with E-state index in [0.29, 0.717) is 27.8 Å². The summed E-state index contributed by atoms with van der Waals surface area (Å²) in [5.41, 5.74) is 7.64. The van der Waals surface area contributed by atoms with Crippen LogP contribution in [0.25, 0.3) is 0 Å². The Morgan fingerprint density at radius 1 is 1.00 bits per heavy atom. The number of aromatic nitrogens is 1. The molecule has 0 fully saturated rings. The molecule has 0 saturated heterocycles. The lowest BCUT2D eigenvalue weighted by atomic mass is 10.1. The predicted molar refractivity (Wildman–Crippen MR) is 109 cm³/mol. The maximum absolute atomic E-state index is 12.1. The van der Waals surface area contributed by atoms with Crippen LogP contribution in [0.5, 0.6) is 0 Å². The van der Waals surface area contributed by atoms with Gasteiger partial charge in [-0.15, -0.1) is 11.3 Å². The number of rotatable bonds is 5. The maximum Gasteiger partial charge on any atom is 0.323 e. The third kappa shape index (κ3) is 5.19. The quantitative estimate of drug-likeness (QED) is 0.553. The van der Waals surface area contributed by atoms with Gasteiger partial charge in [-0.05, 0) is 35.9 Å². The number of carbonyl (C=O) groups is 2. The van der Waals surface area contributed by atoms with Crippen LogP contribution in [-0.2, 0) is 6.42 Å². The van der Waals surface area contributed by atoms with Crippen molar-refractivity contribution in [2.45, 2.75) is 6.42 Å². The van der Waals surface area contributed by atoms with Crippen molar-refractivity contribution in [3.63, 3.8) is 0 Å². The minimum Gasteiger partial charge on any atom is -0.364 e. The number of anilines is 2. The van der Waals surface area contributed by atoms with E-state index in [1.165, 1.54) is 11.3 Å². The van der Waals surface area contributed by atoms with E-state index in [0.717, 1.165) is 10.6 Å². The number of urea groups is 1. The number of amides is 3. The first kappa shape index (κ1) is 19.2. The smallest absolute Gasteiger partial charge is 0.323 e. The lowest BCUT2D eigenvalue weighted by Crippen LogP contribution is -2.19. The monoisotopic (exact) mass is 420 g/mol. The fourth-order valence-corrected chi connectivity index (χ4v) is 3.37. The Hall–Kier alpha value is -2.61. The fourth-order valence-electron chi connectivity index (χ4n) is 2.25. The molecule has 138 valence electrons. The van der Waals surface area contributed by atoms with Crippen LogP contribution in [0.2, 0.25) is 10.0 Å². The van der Waals surface area contributed by atoms with Crippen LogP contribution in [0.1, 0.15) is 21.1 Å². The number of carbonyl (C=O) groups excluding carboxylic acids is 2. The first-order chi connectivity index (χ1) is 12.9. The number of halogens is 2. The summed E-state index contributed by atoms with van der Waals surface area (Å²) in [4.78, 5) is 27.3. The first-order valence-electron chi connectivity index (χ1n) is 7.77. The van der Waals surface area contributed by atoms with E-state index in [-0.39, 0.29) is 5.69 Å². The van der Waals surface area contributed by atoms with Gasteiger partial charge in [-0.2, -0.15) is 0 Å². The molecule has 3 amide bonds. The van der Waals surface area contributed by atoms with Gasteiger partial charge in [0, 0.05) is 23.2 Å². The number of nitrogens with one attached hydrogen (secondary N) is 2. The van der Waals surface area contributed by atoms with E-state index in [1.807, 2.05) is 12.1 Å². The van der Waals surface area contributed by atoms with E-state index in [1.54, 1.807) is 35.7 Å². The minimum absolute atomic E-state index is 0.271. The number of hydrogen-bond acceptors (Lipinski definition) is 4. The molecule has 0 spiro atoms. The molecule has 2 aromatic carbocycles. The van der Waals surface area contributed by atoms with Crippen molar-refractivity contribution in [3.8, 4) is 0 Å². The molecule has 6 nitrogen and oxygen atoms in total. The molecular formula is C18H14Cl2N4O2S. The lowest BCUT2D eigenvalue weighted by molar-refractivity contribution is 0.0996. The standard InChI is InChI=1S/C18H14Cl2N4O2S/c19-13-6-5-12(8-14(13)20)23-18(26)22-11-3-1-10(2-4-11)7-16-24-15(9-27-16)17(21)25/h1-6,8-9H,7H2,(H2,21,25)(H2,22,23,26). The first-order valence-corrected chi connectivity index (χ1v) is 9.40. The Morgan fingerprint density at radius 3 is 2.30 bits per heavy atom. The second-order valence-electron chi connectivity index (χ2n) is 5.57. The van der Waals surface area contributed by atoms with Crippen LogP contribution in [0.15, 0.2) is 47.8 Å². The highest BCUT2D eigenvalue weighted by Crippen LogP contribution is 2.25. The summed E-state index contributed by atoms with van der Waals surface area (Å²) in [6.45, 7) is 0. The third-order valence-electron chi connectivity index (χ3n) is 3.55. The van der Waals surface area contributed by atoms with Gasteiger partial charge in [-0.1, -0.05) is 35.3 Å². The maximum atomic E-state index is 12.1. The van der Waals surface area contributed by atoms with E-state index in [4.69, 9.17) is 28.9 Å². The number of primary amides is 1. The molecule has 0 aliphatic heterocycles. The Morgan fingerprint density at radius 2 is 1.67 bits per heavy atom. The second kappa shape index (κ2) is 8.39. The minimum atomic E-state index is -0.537. The number of hydrogen-bond donors (Lipinski definition) is 3. The zero-order valence-corrected chi connectivity index (χ0v) is 16.2. The molecule has 0 saturated carbocycles. The summed E-state index contributed by atoms with van der Waals surface area (Å²) in [7, 11) is 0. The highest BCUT2D eigenvalue weighted by molar-refractivity contribution is 7.09. The molecule has 0 bridgehead atoms. The normalized spacial score (nSPS) is 10.4. The summed E-state index contributed by atoms with van der Waals surface area (Å²) >= 11 is 13.2. The topological polar surface area (TPSA) is 97.1 Å². The van der Waals surface area contributed by atoms with Crippen molar-refractivity contribution in [2.75, 3.05) is 10.6 Å². The molecule has 0 aliphatic carbocycles. The van der Waals surface area contributed by atoms with Gasteiger partial charge in [-0.3, -0.25) is 4.79 Å². The van der Waals surface area contributed by atoms with E-state index >= 15 is 0 Å². The Labute approximate surface area is 169 Å². The molecule has 3 aromatic rings. The molecule has 9 heteroatoms. The summed E-state index contributed by atoms with van der Waals surface area (Å²) in [6.07, 6.45) is 0.577. The van der Waals surface area contributed by atoms with Gasteiger partial charge in [0.2, 0.25) is 0 Å². The Kier molecular flexibility index (Phi) is 5.95. The van der Waals surface area contributed by atoms with Gasteiger partial charge < -0.3 is 16.4 Å². The summed E-state index contributed by atoms with van der Waals surface area (Å²) in [6, 6.07) is 11.8. The van der Waals surface area contributed by atoms with Gasteiger partial charge in [0.15, 0.2) is 0 Å². The molecular weight excluding hydrogens is 407 g/mol. The molecule has 1 heterocycles. The van der Waals surface area contributed by atoms with Crippen molar-refractivity contribution in [2.24, 2.45) is 5.73 Å². The predicted octanol–water partition coefficient (Wildman–Crippen LogP) is 4.78. The number of benzene rings is 2. The van der Waals surface area contributed by atoms with Crippen LogP contribution in [0.4, 0.5) is 16.2 Å². The second-order valence-corrected chi connectivity index (χ2v) is 7.33. The van der Waals surface area contributed by atoms with Crippen LogP contribution < -0.4 is 16.4 Å². The average molecular weight is 421 g/mol. The van der Waals surface area contributed by atoms with Crippen LogP contribution >= 0.6 is 34.5 Å². The van der Waals surface area contributed by atoms with Gasteiger partial charge in [-0.25, -0.2) is 9.78 Å². The van der Waals surface area contributed by atoms with Gasteiger partial charge in [0.05, 0.1) is 15.1 Å². The summed E-state index contributed by atoms with van der Waals surface area (Å²) < 4.78 is 0. The molecule has 27 heavy (non-hydrogen) atoms. The number of thiazole rings is 1. The third-order valence-corrected chi connectivity index (χ3v) is 5.14. The van der Waals surface area contributed by atoms with E-state index in [9.17, 15) is 9.59 Å². The lowest BCUT2D eigenvalue weighted by Gasteiger charge is -2.09. The number of nitrogens with zero attached hydrogens (tertiary/aromatic N) is 1. The van der Waals surface area contributed by atoms with Crippen LogP contribution in [-0.4, -0.2) is 16.9 Å². The van der Waals surface area contributed by atoms with Gasteiger partial charge >= 0.3 is 6.03 Å². The molecule has 3 rings (SSSR count). The molecule has 1 aromatic heterocycles. The van der Waals surface area contributed by atoms with Gasteiger partial charge in [0.25, 0.3) is 5.91 Å². The van der Waals surface area contributed by atoms with E-state index in [2.05, 4.69) is 15.6 Å². The molecule has 4 N–H and O–H groups in total. The molecule has 0 atom stereocenters. The average Bonchev–Trinajstić information content (AvgIpc) is 3.09. The van der Waals surface area contributed by atoms with Crippen molar-refractivity contribution >= 4 is 57.9 Å². The van der Waals surface area contributed by atoms with Crippen molar-refractivity contribution in [1.29, 1.82) is 0 Å². The summed E-state index contributed by atoms with van der Waals surface area (Å²) in [5, 5.41) is 8.63.